The van der Waals surface area contributed by atoms with Crippen LogP contribution in [0.1, 0.15) is 31.2 Å². The molecule has 1 aromatic rings. The van der Waals surface area contributed by atoms with E-state index in [0.29, 0.717) is 11.8 Å². The largest absolute Gasteiger partial charge is 0.493 e. The van der Waals surface area contributed by atoms with Crippen LogP contribution in [0.5, 0.6) is 11.5 Å². The Morgan fingerprint density at radius 3 is 2.56 bits per heavy atom. The second kappa shape index (κ2) is 6.07. The van der Waals surface area contributed by atoms with E-state index in [1.807, 2.05) is 18.2 Å². The van der Waals surface area contributed by atoms with Crippen molar-refractivity contribution < 1.29 is 14.6 Å². The van der Waals surface area contributed by atoms with Crippen LogP contribution in [0.3, 0.4) is 0 Å². The lowest BCUT2D eigenvalue weighted by Crippen LogP contribution is -2.31. The highest BCUT2D eigenvalue weighted by molar-refractivity contribution is 5.42. The summed E-state index contributed by atoms with van der Waals surface area (Å²) in [6.45, 7) is 0.00885. The Morgan fingerprint density at radius 2 is 1.94 bits per heavy atom. The van der Waals surface area contributed by atoms with Crippen LogP contribution < -0.4 is 15.2 Å². The Kier molecular flexibility index (Phi) is 4.44. The third kappa shape index (κ3) is 3.15. The molecule has 1 aliphatic rings. The average Bonchev–Trinajstić information content (AvgIpc) is 2.41. The maximum Gasteiger partial charge on any atom is 0.161 e. The van der Waals surface area contributed by atoms with Gasteiger partial charge in [0.15, 0.2) is 11.5 Å². The zero-order valence-corrected chi connectivity index (χ0v) is 10.8. The first kappa shape index (κ1) is 13.2. The van der Waals surface area contributed by atoms with E-state index >= 15 is 0 Å². The fourth-order valence-electron chi connectivity index (χ4n) is 2.29. The van der Waals surface area contributed by atoms with Crippen LogP contribution in [0, 0.1) is 0 Å². The molecule has 0 aliphatic heterocycles. The van der Waals surface area contributed by atoms with Crippen molar-refractivity contribution in [2.75, 3.05) is 7.11 Å². The molecule has 0 aromatic heterocycles. The van der Waals surface area contributed by atoms with Crippen LogP contribution in [0.25, 0.3) is 0 Å². The minimum atomic E-state index is 0.00885. The number of hydrogen-bond donors (Lipinski definition) is 2. The lowest BCUT2D eigenvalue weighted by molar-refractivity contribution is 0.142. The first-order valence-electron chi connectivity index (χ1n) is 6.43. The van der Waals surface area contributed by atoms with Crippen LogP contribution in [0.2, 0.25) is 0 Å². The Balaban J connectivity index is 2.04. The third-order valence-corrected chi connectivity index (χ3v) is 3.42. The minimum Gasteiger partial charge on any atom is -0.493 e. The van der Waals surface area contributed by atoms with Crippen LogP contribution in [-0.2, 0) is 6.61 Å². The SMILES string of the molecule is COc1cc(CO)ccc1OC1CCC(N)CC1. The van der Waals surface area contributed by atoms with E-state index in [4.69, 9.17) is 20.3 Å². The van der Waals surface area contributed by atoms with Gasteiger partial charge in [0.05, 0.1) is 19.8 Å². The molecule has 4 nitrogen and oxygen atoms in total. The summed E-state index contributed by atoms with van der Waals surface area (Å²) in [4.78, 5) is 0. The van der Waals surface area contributed by atoms with Gasteiger partial charge >= 0.3 is 0 Å². The number of aliphatic hydroxyl groups excluding tert-OH is 1. The van der Waals surface area contributed by atoms with Crippen molar-refractivity contribution in [3.8, 4) is 11.5 Å². The molecule has 0 unspecified atom stereocenters. The molecule has 4 heteroatoms. The standard InChI is InChI=1S/C14H21NO3/c1-17-14-8-10(9-16)2-7-13(14)18-12-5-3-11(15)4-6-12/h2,7-8,11-12,16H,3-6,9,15H2,1H3. The van der Waals surface area contributed by atoms with E-state index in [2.05, 4.69) is 0 Å². The number of aliphatic hydroxyl groups is 1. The van der Waals surface area contributed by atoms with E-state index in [9.17, 15) is 0 Å². The zero-order valence-electron chi connectivity index (χ0n) is 10.8. The van der Waals surface area contributed by atoms with Crippen molar-refractivity contribution in [2.24, 2.45) is 5.73 Å². The van der Waals surface area contributed by atoms with Gasteiger partial charge in [-0.1, -0.05) is 6.07 Å². The molecule has 0 saturated heterocycles. The monoisotopic (exact) mass is 251 g/mol. The Labute approximate surface area is 108 Å². The van der Waals surface area contributed by atoms with E-state index in [1.54, 1.807) is 7.11 Å². The summed E-state index contributed by atoms with van der Waals surface area (Å²) < 4.78 is 11.3. The molecule has 1 aliphatic carbocycles. The molecule has 1 aromatic carbocycles. The molecule has 1 saturated carbocycles. The van der Waals surface area contributed by atoms with Gasteiger partial charge in [-0.15, -0.1) is 0 Å². The highest BCUT2D eigenvalue weighted by Gasteiger charge is 2.21. The summed E-state index contributed by atoms with van der Waals surface area (Å²) in [5.41, 5.74) is 6.70. The second-order valence-electron chi connectivity index (χ2n) is 4.80. The van der Waals surface area contributed by atoms with Crippen molar-refractivity contribution in [3.63, 3.8) is 0 Å². The number of rotatable bonds is 4. The number of ether oxygens (including phenoxy) is 2. The van der Waals surface area contributed by atoms with Crippen molar-refractivity contribution in [3.05, 3.63) is 23.8 Å². The molecule has 3 N–H and O–H groups in total. The third-order valence-electron chi connectivity index (χ3n) is 3.42. The molecular formula is C14H21NO3. The maximum atomic E-state index is 9.09. The first-order chi connectivity index (χ1) is 8.72. The smallest absolute Gasteiger partial charge is 0.161 e. The van der Waals surface area contributed by atoms with E-state index in [-0.39, 0.29) is 12.7 Å². The van der Waals surface area contributed by atoms with Crippen LogP contribution in [-0.4, -0.2) is 24.4 Å². The molecule has 0 heterocycles. The van der Waals surface area contributed by atoms with Crippen LogP contribution >= 0.6 is 0 Å². The van der Waals surface area contributed by atoms with Gasteiger partial charge in [-0.2, -0.15) is 0 Å². The summed E-state index contributed by atoms with van der Waals surface area (Å²) in [7, 11) is 1.61. The van der Waals surface area contributed by atoms with Crippen molar-refractivity contribution in [1.29, 1.82) is 0 Å². The fourth-order valence-corrected chi connectivity index (χ4v) is 2.29. The van der Waals surface area contributed by atoms with Gasteiger partial charge in [0.25, 0.3) is 0 Å². The minimum absolute atomic E-state index is 0.00885. The summed E-state index contributed by atoms with van der Waals surface area (Å²) >= 11 is 0. The van der Waals surface area contributed by atoms with Crippen LogP contribution in [0.15, 0.2) is 18.2 Å². The van der Waals surface area contributed by atoms with Gasteiger partial charge < -0.3 is 20.3 Å². The molecule has 2 rings (SSSR count). The highest BCUT2D eigenvalue weighted by Crippen LogP contribution is 2.31. The Morgan fingerprint density at radius 1 is 1.22 bits per heavy atom. The predicted molar refractivity (Wildman–Crippen MR) is 69.8 cm³/mol. The molecule has 0 atom stereocenters. The number of benzene rings is 1. The van der Waals surface area contributed by atoms with Gasteiger partial charge in [-0.3, -0.25) is 0 Å². The zero-order chi connectivity index (χ0) is 13.0. The highest BCUT2D eigenvalue weighted by atomic mass is 16.5. The summed E-state index contributed by atoms with van der Waals surface area (Å²) in [6, 6.07) is 5.85. The van der Waals surface area contributed by atoms with E-state index < -0.39 is 0 Å². The lowest BCUT2D eigenvalue weighted by Gasteiger charge is -2.27. The molecular weight excluding hydrogens is 230 g/mol. The molecule has 1 fully saturated rings. The number of hydrogen-bond acceptors (Lipinski definition) is 4. The Bertz CT molecular complexity index is 387. The normalized spacial score (nSPS) is 23.7. The van der Waals surface area contributed by atoms with Crippen LogP contribution in [0.4, 0.5) is 0 Å². The molecule has 0 radical (unpaired) electrons. The average molecular weight is 251 g/mol. The summed E-state index contributed by atoms with van der Waals surface area (Å²) in [6.07, 6.45) is 4.24. The summed E-state index contributed by atoms with van der Waals surface area (Å²) in [5.74, 6) is 1.42. The van der Waals surface area contributed by atoms with Gasteiger partial charge in [0, 0.05) is 6.04 Å². The fraction of sp³-hybridized carbons (Fsp3) is 0.571. The maximum absolute atomic E-state index is 9.09. The molecule has 18 heavy (non-hydrogen) atoms. The predicted octanol–water partition coefficient (Wildman–Crippen LogP) is 1.84. The number of nitrogens with two attached hydrogens (primary N) is 1. The molecule has 100 valence electrons. The van der Waals surface area contributed by atoms with E-state index in [1.165, 1.54) is 0 Å². The van der Waals surface area contributed by atoms with E-state index in [0.717, 1.165) is 37.0 Å². The lowest BCUT2D eigenvalue weighted by atomic mass is 9.94. The topological polar surface area (TPSA) is 64.7 Å². The first-order valence-corrected chi connectivity index (χ1v) is 6.43. The van der Waals surface area contributed by atoms with Crippen molar-refractivity contribution >= 4 is 0 Å². The molecule has 0 amide bonds. The quantitative estimate of drug-likeness (QED) is 0.857. The second-order valence-corrected chi connectivity index (χ2v) is 4.80. The van der Waals surface area contributed by atoms with Crippen molar-refractivity contribution in [1.82, 2.24) is 0 Å². The molecule has 0 spiro atoms. The van der Waals surface area contributed by atoms with Gasteiger partial charge in [-0.05, 0) is 43.4 Å². The number of methoxy groups -OCH3 is 1. The van der Waals surface area contributed by atoms with Gasteiger partial charge in [0.1, 0.15) is 0 Å². The van der Waals surface area contributed by atoms with Crippen molar-refractivity contribution in [2.45, 2.75) is 44.4 Å². The van der Waals surface area contributed by atoms with Gasteiger partial charge in [-0.25, -0.2) is 0 Å². The van der Waals surface area contributed by atoms with Gasteiger partial charge in [0.2, 0.25) is 0 Å². The molecule has 0 bridgehead atoms. The summed E-state index contributed by atoms with van der Waals surface area (Å²) in [5, 5.41) is 9.09. The Hall–Kier alpha value is -1.26.